The number of imidazole rings is 1. The number of nitrogens with one attached hydrogen (secondary N) is 2. The number of amides is 1. The molecule has 0 bridgehead atoms. The summed E-state index contributed by atoms with van der Waals surface area (Å²) >= 11 is 0. The number of hydrogen-bond donors (Lipinski definition) is 2. The second-order valence-electron chi connectivity index (χ2n) is 6.03. The van der Waals surface area contributed by atoms with Crippen LogP contribution in [0.1, 0.15) is 36.1 Å². The molecule has 24 heavy (non-hydrogen) atoms. The van der Waals surface area contributed by atoms with Gasteiger partial charge in [-0.15, -0.1) is 0 Å². The molecule has 2 N–H and O–H groups in total. The van der Waals surface area contributed by atoms with Crippen molar-refractivity contribution >= 4 is 16.9 Å². The van der Waals surface area contributed by atoms with Gasteiger partial charge in [0.15, 0.2) is 0 Å². The Morgan fingerprint density at radius 1 is 1.12 bits per heavy atom. The molecule has 0 aliphatic rings. The molecule has 5 nitrogen and oxygen atoms in total. The predicted octanol–water partition coefficient (Wildman–Crippen LogP) is 3.70. The minimum absolute atomic E-state index is 0.174. The highest BCUT2D eigenvalue weighted by atomic mass is 16.5. The lowest BCUT2D eigenvalue weighted by Gasteiger charge is -2.21. The zero-order chi connectivity index (χ0) is 17.1. The Balaban J connectivity index is 1.90. The Labute approximate surface area is 141 Å². The van der Waals surface area contributed by atoms with Crippen LogP contribution in [0.3, 0.4) is 0 Å². The van der Waals surface area contributed by atoms with E-state index in [0.717, 1.165) is 16.9 Å². The monoisotopic (exact) mass is 323 g/mol. The number of carbonyl (C=O) groups is 1. The van der Waals surface area contributed by atoms with E-state index >= 15 is 0 Å². The average molecular weight is 323 g/mol. The SMILES string of the molecule is COc1ccccc1C(=O)N[C@H](c1nc2ccccc2[nH]1)C(C)C. The fourth-order valence-electron chi connectivity index (χ4n) is 2.72. The van der Waals surface area contributed by atoms with E-state index in [1.807, 2.05) is 36.4 Å². The molecule has 124 valence electrons. The average Bonchev–Trinajstić information content (AvgIpc) is 3.02. The van der Waals surface area contributed by atoms with Crippen LogP contribution in [0.25, 0.3) is 11.0 Å². The summed E-state index contributed by atoms with van der Waals surface area (Å²) in [6.45, 7) is 4.11. The van der Waals surface area contributed by atoms with Crippen LogP contribution in [-0.4, -0.2) is 23.0 Å². The Bertz CT molecular complexity index is 821. The first-order valence-corrected chi connectivity index (χ1v) is 7.98. The number of methoxy groups -OCH3 is 1. The van der Waals surface area contributed by atoms with E-state index in [0.29, 0.717) is 11.3 Å². The lowest BCUT2D eigenvalue weighted by atomic mass is 10.0. The van der Waals surface area contributed by atoms with Crippen molar-refractivity contribution in [1.82, 2.24) is 15.3 Å². The van der Waals surface area contributed by atoms with Crippen molar-refractivity contribution in [2.75, 3.05) is 7.11 Å². The van der Waals surface area contributed by atoms with Crippen LogP contribution < -0.4 is 10.1 Å². The molecule has 0 saturated heterocycles. The molecule has 0 saturated carbocycles. The second kappa shape index (κ2) is 6.74. The number of rotatable bonds is 5. The minimum atomic E-state index is -0.213. The number of hydrogen-bond acceptors (Lipinski definition) is 3. The molecule has 0 aliphatic heterocycles. The normalized spacial score (nSPS) is 12.3. The van der Waals surface area contributed by atoms with Gasteiger partial charge in [0, 0.05) is 0 Å². The topological polar surface area (TPSA) is 67.0 Å². The van der Waals surface area contributed by atoms with Crippen molar-refractivity contribution in [2.45, 2.75) is 19.9 Å². The number of H-pyrrole nitrogens is 1. The zero-order valence-electron chi connectivity index (χ0n) is 14.0. The van der Waals surface area contributed by atoms with Gasteiger partial charge in [-0.05, 0) is 30.2 Å². The van der Waals surface area contributed by atoms with Crippen molar-refractivity contribution in [2.24, 2.45) is 5.92 Å². The molecule has 0 spiro atoms. The van der Waals surface area contributed by atoms with Crippen molar-refractivity contribution in [3.8, 4) is 5.75 Å². The summed E-state index contributed by atoms with van der Waals surface area (Å²) in [7, 11) is 1.56. The Kier molecular flexibility index (Phi) is 4.51. The van der Waals surface area contributed by atoms with E-state index in [2.05, 4.69) is 29.1 Å². The van der Waals surface area contributed by atoms with Crippen LogP contribution in [0.5, 0.6) is 5.75 Å². The summed E-state index contributed by atoms with van der Waals surface area (Å²) in [5, 5.41) is 3.07. The van der Waals surface area contributed by atoms with Gasteiger partial charge in [0.05, 0.1) is 29.7 Å². The van der Waals surface area contributed by atoms with Gasteiger partial charge in [0.25, 0.3) is 5.91 Å². The van der Waals surface area contributed by atoms with Gasteiger partial charge in [-0.2, -0.15) is 0 Å². The summed E-state index contributed by atoms with van der Waals surface area (Å²) in [5.74, 6) is 1.33. The van der Waals surface area contributed by atoms with Gasteiger partial charge in [-0.25, -0.2) is 4.98 Å². The predicted molar refractivity (Wildman–Crippen MR) is 94.1 cm³/mol. The van der Waals surface area contributed by atoms with Gasteiger partial charge >= 0.3 is 0 Å². The maximum Gasteiger partial charge on any atom is 0.255 e. The van der Waals surface area contributed by atoms with Crippen LogP contribution in [0, 0.1) is 5.92 Å². The highest BCUT2D eigenvalue weighted by Crippen LogP contribution is 2.24. The van der Waals surface area contributed by atoms with Crippen molar-refractivity contribution in [3.05, 3.63) is 59.9 Å². The largest absolute Gasteiger partial charge is 0.496 e. The summed E-state index contributed by atoms with van der Waals surface area (Å²) < 4.78 is 5.28. The van der Waals surface area contributed by atoms with E-state index in [-0.39, 0.29) is 17.9 Å². The third kappa shape index (κ3) is 3.11. The first-order chi connectivity index (χ1) is 11.6. The van der Waals surface area contributed by atoms with E-state index in [1.165, 1.54) is 0 Å². The van der Waals surface area contributed by atoms with Crippen LogP contribution in [-0.2, 0) is 0 Å². The zero-order valence-corrected chi connectivity index (χ0v) is 14.0. The number of nitrogens with zero attached hydrogens (tertiary/aromatic N) is 1. The first-order valence-electron chi connectivity index (χ1n) is 7.98. The Hall–Kier alpha value is -2.82. The standard InChI is InChI=1S/C19H21N3O2/c1-12(2)17(18-20-14-9-5-6-10-15(14)21-18)22-19(23)13-8-4-7-11-16(13)24-3/h4-12,17H,1-3H3,(H,20,21)(H,22,23)/t17-/m0/s1. The van der Waals surface area contributed by atoms with Crippen LogP contribution >= 0.6 is 0 Å². The molecule has 1 atom stereocenters. The molecule has 5 heteroatoms. The number of para-hydroxylation sites is 3. The molecule has 3 aromatic rings. The molecule has 0 aliphatic carbocycles. The van der Waals surface area contributed by atoms with Crippen LogP contribution in [0.2, 0.25) is 0 Å². The van der Waals surface area contributed by atoms with Gasteiger partial charge < -0.3 is 15.0 Å². The Morgan fingerprint density at radius 2 is 1.83 bits per heavy atom. The van der Waals surface area contributed by atoms with Crippen LogP contribution in [0.4, 0.5) is 0 Å². The summed E-state index contributed by atoms with van der Waals surface area (Å²) in [4.78, 5) is 20.6. The summed E-state index contributed by atoms with van der Waals surface area (Å²) in [6.07, 6.45) is 0. The quantitative estimate of drug-likeness (QED) is 0.752. The van der Waals surface area contributed by atoms with Gasteiger partial charge in [-0.1, -0.05) is 38.1 Å². The third-order valence-electron chi connectivity index (χ3n) is 4.01. The van der Waals surface area contributed by atoms with E-state index in [9.17, 15) is 4.79 Å². The third-order valence-corrected chi connectivity index (χ3v) is 4.01. The smallest absolute Gasteiger partial charge is 0.255 e. The van der Waals surface area contributed by atoms with Crippen LogP contribution in [0.15, 0.2) is 48.5 Å². The summed E-state index contributed by atoms with van der Waals surface area (Å²) in [5.41, 5.74) is 2.37. The van der Waals surface area contributed by atoms with Gasteiger partial charge in [-0.3, -0.25) is 4.79 Å². The number of aromatic amines is 1. The Morgan fingerprint density at radius 3 is 2.54 bits per heavy atom. The molecule has 1 heterocycles. The fraction of sp³-hybridized carbons (Fsp3) is 0.263. The van der Waals surface area contributed by atoms with Crippen molar-refractivity contribution in [1.29, 1.82) is 0 Å². The molecular weight excluding hydrogens is 302 g/mol. The van der Waals surface area contributed by atoms with Gasteiger partial charge in [0.2, 0.25) is 0 Å². The number of carbonyl (C=O) groups excluding carboxylic acids is 1. The lowest BCUT2D eigenvalue weighted by molar-refractivity contribution is 0.0920. The van der Waals surface area contributed by atoms with Gasteiger partial charge in [0.1, 0.15) is 11.6 Å². The highest BCUT2D eigenvalue weighted by molar-refractivity contribution is 5.97. The molecule has 3 rings (SSSR count). The molecule has 1 aromatic heterocycles. The number of benzene rings is 2. The number of aromatic nitrogens is 2. The molecule has 0 fully saturated rings. The molecule has 2 aromatic carbocycles. The minimum Gasteiger partial charge on any atom is -0.496 e. The second-order valence-corrected chi connectivity index (χ2v) is 6.03. The maximum absolute atomic E-state index is 12.7. The molecule has 0 radical (unpaired) electrons. The van der Waals surface area contributed by atoms with E-state index < -0.39 is 0 Å². The van der Waals surface area contributed by atoms with Crippen molar-refractivity contribution < 1.29 is 9.53 Å². The fourth-order valence-corrected chi connectivity index (χ4v) is 2.72. The number of ether oxygens (including phenoxy) is 1. The maximum atomic E-state index is 12.7. The highest BCUT2D eigenvalue weighted by Gasteiger charge is 2.23. The number of fused-ring (bicyclic) bond motifs is 1. The lowest BCUT2D eigenvalue weighted by Crippen LogP contribution is -2.32. The molecule has 0 unspecified atom stereocenters. The molecular formula is C19H21N3O2. The van der Waals surface area contributed by atoms with Crippen molar-refractivity contribution in [3.63, 3.8) is 0 Å². The first kappa shape index (κ1) is 16.1. The van der Waals surface area contributed by atoms with E-state index in [4.69, 9.17) is 4.74 Å². The summed E-state index contributed by atoms with van der Waals surface area (Å²) in [6, 6.07) is 14.8. The van der Waals surface area contributed by atoms with E-state index in [1.54, 1.807) is 19.2 Å². The molecule has 1 amide bonds.